The zero-order chi connectivity index (χ0) is 7.26. The molecule has 1 saturated carbocycles. The summed E-state index contributed by atoms with van der Waals surface area (Å²) >= 11 is 0. The SMILES string of the molecule is c1n[nH]nc1C1C2CNC[C@@H]21. The van der Waals surface area contributed by atoms with E-state index in [2.05, 4.69) is 20.7 Å². The van der Waals surface area contributed by atoms with E-state index < -0.39 is 0 Å². The van der Waals surface area contributed by atoms with Crippen LogP contribution in [0.1, 0.15) is 11.6 Å². The molecule has 0 amide bonds. The van der Waals surface area contributed by atoms with Crippen molar-refractivity contribution in [3.63, 3.8) is 0 Å². The number of hydrogen-bond donors (Lipinski definition) is 2. The number of aromatic nitrogens is 3. The molecule has 1 aromatic rings. The maximum Gasteiger partial charge on any atom is 0.0862 e. The summed E-state index contributed by atoms with van der Waals surface area (Å²) in [6.45, 7) is 2.34. The minimum Gasteiger partial charge on any atom is -0.316 e. The quantitative estimate of drug-likeness (QED) is 0.579. The normalized spacial score (nSPS) is 40.5. The molecule has 1 aromatic heterocycles. The minimum absolute atomic E-state index is 0.704. The van der Waals surface area contributed by atoms with Gasteiger partial charge in [-0.2, -0.15) is 15.4 Å². The number of fused-ring (bicyclic) bond motifs is 1. The predicted octanol–water partition coefficient (Wildman–Crippen LogP) is -0.263. The molecule has 0 bridgehead atoms. The lowest BCUT2D eigenvalue weighted by molar-refractivity contribution is 0.673. The average Bonchev–Trinajstić information content (AvgIpc) is 2.57. The molecule has 2 unspecified atom stereocenters. The van der Waals surface area contributed by atoms with Crippen LogP contribution < -0.4 is 5.32 Å². The van der Waals surface area contributed by atoms with Crippen LogP contribution in [-0.4, -0.2) is 28.5 Å². The van der Waals surface area contributed by atoms with Gasteiger partial charge in [0.1, 0.15) is 0 Å². The van der Waals surface area contributed by atoms with E-state index in [1.165, 1.54) is 13.1 Å². The molecular weight excluding hydrogens is 140 g/mol. The minimum atomic E-state index is 0.704. The highest BCUT2D eigenvalue weighted by Crippen LogP contribution is 2.54. The highest BCUT2D eigenvalue weighted by molar-refractivity contribution is 5.21. The zero-order valence-corrected chi connectivity index (χ0v) is 6.12. The maximum atomic E-state index is 4.10. The number of H-pyrrole nitrogens is 1. The lowest BCUT2D eigenvalue weighted by atomic mass is 10.2. The summed E-state index contributed by atoms with van der Waals surface area (Å²) in [7, 11) is 0. The van der Waals surface area contributed by atoms with Crippen LogP contribution in [0.15, 0.2) is 6.20 Å². The number of nitrogens with zero attached hydrogens (tertiary/aromatic N) is 2. The molecule has 0 aromatic carbocycles. The van der Waals surface area contributed by atoms with Crippen molar-refractivity contribution >= 4 is 0 Å². The first-order valence-corrected chi connectivity index (χ1v) is 4.03. The largest absolute Gasteiger partial charge is 0.316 e. The van der Waals surface area contributed by atoms with Crippen molar-refractivity contribution in [2.75, 3.05) is 13.1 Å². The molecule has 1 aliphatic carbocycles. The van der Waals surface area contributed by atoms with Gasteiger partial charge < -0.3 is 5.32 Å². The van der Waals surface area contributed by atoms with E-state index >= 15 is 0 Å². The third kappa shape index (κ3) is 0.673. The second-order valence-corrected chi connectivity index (χ2v) is 3.41. The molecule has 2 N–H and O–H groups in total. The Morgan fingerprint density at radius 2 is 2.18 bits per heavy atom. The van der Waals surface area contributed by atoms with E-state index in [4.69, 9.17) is 0 Å². The molecule has 1 aliphatic heterocycles. The van der Waals surface area contributed by atoms with Gasteiger partial charge in [0, 0.05) is 5.92 Å². The summed E-state index contributed by atoms with van der Waals surface area (Å²) in [6, 6.07) is 0. The van der Waals surface area contributed by atoms with E-state index in [-0.39, 0.29) is 0 Å². The van der Waals surface area contributed by atoms with Gasteiger partial charge in [0.05, 0.1) is 11.9 Å². The maximum absolute atomic E-state index is 4.10. The van der Waals surface area contributed by atoms with E-state index in [0.717, 1.165) is 17.5 Å². The van der Waals surface area contributed by atoms with Crippen LogP contribution in [0, 0.1) is 11.8 Å². The smallest absolute Gasteiger partial charge is 0.0862 e. The van der Waals surface area contributed by atoms with E-state index in [9.17, 15) is 0 Å². The highest BCUT2D eigenvalue weighted by atomic mass is 15.3. The molecule has 2 heterocycles. The van der Waals surface area contributed by atoms with Crippen LogP contribution in [0.3, 0.4) is 0 Å². The molecule has 2 fully saturated rings. The summed E-state index contributed by atoms with van der Waals surface area (Å²) in [5.41, 5.74) is 1.15. The molecule has 58 valence electrons. The van der Waals surface area contributed by atoms with E-state index in [1.807, 2.05) is 6.20 Å². The number of piperidine rings is 1. The lowest BCUT2D eigenvalue weighted by Crippen LogP contribution is -2.14. The first kappa shape index (κ1) is 5.71. The molecule has 1 saturated heterocycles. The van der Waals surface area contributed by atoms with Crippen molar-refractivity contribution in [2.24, 2.45) is 11.8 Å². The zero-order valence-electron chi connectivity index (χ0n) is 6.12. The third-order valence-corrected chi connectivity index (χ3v) is 2.87. The summed E-state index contributed by atoms with van der Waals surface area (Å²) in [6.07, 6.45) is 1.85. The van der Waals surface area contributed by atoms with Gasteiger partial charge in [-0.1, -0.05) is 0 Å². The van der Waals surface area contributed by atoms with Crippen molar-refractivity contribution in [3.8, 4) is 0 Å². The van der Waals surface area contributed by atoms with Gasteiger partial charge in [-0.3, -0.25) is 0 Å². The Morgan fingerprint density at radius 3 is 2.82 bits per heavy atom. The average molecular weight is 150 g/mol. The van der Waals surface area contributed by atoms with Gasteiger partial charge in [0.15, 0.2) is 0 Å². The summed E-state index contributed by atoms with van der Waals surface area (Å²) in [4.78, 5) is 0. The molecule has 11 heavy (non-hydrogen) atoms. The fourth-order valence-corrected chi connectivity index (χ4v) is 2.23. The van der Waals surface area contributed by atoms with Crippen LogP contribution in [0.4, 0.5) is 0 Å². The van der Waals surface area contributed by atoms with Crippen LogP contribution in [-0.2, 0) is 0 Å². The Hall–Kier alpha value is -0.900. The Balaban J connectivity index is 1.85. The van der Waals surface area contributed by atoms with Crippen molar-refractivity contribution in [2.45, 2.75) is 5.92 Å². The standard InChI is InChI=1S/C7H10N4/c1-4-5(2-8-1)7(4)6-3-9-11-10-6/h3-5,7-8H,1-2H2,(H,9,10,11)/t4-,5?,7?/m0/s1. The Labute approximate surface area is 64.4 Å². The number of hydrogen-bond acceptors (Lipinski definition) is 3. The van der Waals surface area contributed by atoms with E-state index in [1.54, 1.807) is 0 Å². The van der Waals surface area contributed by atoms with Crippen molar-refractivity contribution in [1.29, 1.82) is 0 Å². The molecule has 3 rings (SSSR count). The lowest BCUT2D eigenvalue weighted by Gasteiger charge is -1.98. The van der Waals surface area contributed by atoms with Crippen molar-refractivity contribution in [1.82, 2.24) is 20.7 Å². The fourth-order valence-electron chi connectivity index (χ4n) is 2.23. The second kappa shape index (κ2) is 1.82. The van der Waals surface area contributed by atoms with Crippen molar-refractivity contribution < 1.29 is 0 Å². The molecule has 0 spiro atoms. The second-order valence-electron chi connectivity index (χ2n) is 3.41. The molecule has 4 nitrogen and oxygen atoms in total. The van der Waals surface area contributed by atoms with Gasteiger partial charge in [0.2, 0.25) is 0 Å². The van der Waals surface area contributed by atoms with Gasteiger partial charge in [-0.25, -0.2) is 0 Å². The van der Waals surface area contributed by atoms with Crippen LogP contribution in [0.5, 0.6) is 0 Å². The molecular formula is C7H10N4. The third-order valence-electron chi connectivity index (χ3n) is 2.87. The molecule has 2 aliphatic rings. The molecule has 0 radical (unpaired) electrons. The summed E-state index contributed by atoms with van der Waals surface area (Å²) in [5, 5.41) is 13.9. The summed E-state index contributed by atoms with van der Waals surface area (Å²) < 4.78 is 0. The Morgan fingerprint density at radius 1 is 1.36 bits per heavy atom. The van der Waals surface area contributed by atoms with Gasteiger partial charge in [-0.15, -0.1) is 0 Å². The number of rotatable bonds is 1. The van der Waals surface area contributed by atoms with E-state index in [0.29, 0.717) is 5.92 Å². The van der Waals surface area contributed by atoms with Crippen molar-refractivity contribution in [3.05, 3.63) is 11.9 Å². The van der Waals surface area contributed by atoms with Crippen LogP contribution in [0.25, 0.3) is 0 Å². The predicted molar refractivity (Wildman–Crippen MR) is 39.0 cm³/mol. The highest BCUT2D eigenvalue weighted by Gasteiger charge is 2.54. The molecule has 3 atom stereocenters. The Kier molecular flexibility index (Phi) is 0.946. The van der Waals surface area contributed by atoms with Crippen LogP contribution in [0.2, 0.25) is 0 Å². The number of aromatic amines is 1. The number of nitrogens with one attached hydrogen (secondary N) is 2. The monoisotopic (exact) mass is 150 g/mol. The first-order chi connectivity index (χ1) is 5.47. The van der Waals surface area contributed by atoms with Crippen LogP contribution >= 0.6 is 0 Å². The fraction of sp³-hybridized carbons (Fsp3) is 0.714. The molecule has 4 heteroatoms. The van der Waals surface area contributed by atoms with Gasteiger partial charge in [-0.05, 0) is 24.9 Å². The summed E-state index contributed by atoms with van der Waals surface area (Å²) in [5.74, 6) is 2.40. The first-order valence-electron chi connectivity index (χ1n) is 4.03. The topological polar surface area (TPSA) is 53.6 Å². The van der Waals surface area contributed by atoms with Gasteiger partial charge in [0.25, 0.3) is 0 Å². The van der Waals surface area contributed by atoms with Gasteiger partial charge >= 0.3 is 0 Å². The Bertz CT molecular complexity index is 245.